The van der Waals surface area contributed by atoms with E-state index < -0.39 is 0 Å². The zero-order valence-electron chi connectivity index (χ0n) is 14.3. The minimum Gasteiger partial charge on any atom is -0.448 e. The van der Waals surface area contributed by atoms with Crippen LogP contribution in [0.3, 0.4) is 0 Å². The Bertz CT molecular complexity index is 910. The van der Waals surface area contributed by atoms with E-state index in [0.29, 0.717) is 35.5 Å². The van der Waals surface area contributed by atoms with E-state index in [1.165, 1.54) is 6.26 Å². The summed E-state index contributed by atoms with van der Waals surface area (Å²) in [6, 6.07) is 9.27. The highest BCUT2D eigenvalue weighted by Gasteiger charge is 2.33. The molecule has 1 aliphatic heterocycles. The minimum absolute atomic E-state index is 0.147. The summed E-state index contributed by atoms with van der Waals surface area (Å²) in [6.07, 6.45) is 6.37. The second-order valence-electron chi connectivity index (χ2n) is 6.11. The van der Waals surface area contributed by atoms with Gasteiger partial charge in [-0.25, -0.2) is 9.97 Å². The van der Waals surface area contributed by atoms with Crippen LogP contribution in [0.5, 0.6) is 11.6 Å². The number of oxazole rings is 1. The van der Waals surface area contributed by atoms with Gasteiger partial charge < -0.3 is 14.1 Å². The summed E-state index contributed by atoms with van der Waals surface area (Å²) in [7, 11) is 0. The summed E-state index contributed by atoms with van der Waals surface area (Å²) in [6.45, 7) is 2.37. The largest absolute Gasteiger partial charge is 0.448 e. The van der Waals surface area contributed by atoms with Crippen molar-refractivity contribution >= 4 is 5.91 Å². The lowest BCUT2D eigenvalue weighted by Crippen LogP contribution is -2.31. The van der Waals surface area contributed by atoms with E-state index in [1.807, 2.05) is 30.3 Å². The number of para-hydroxylation sites is 1. The van der Waals surface area contributed by atoms with Gasteiger partial charge in [-0.15, -0.1) is 0 Å². The molecule has 7 heteroatoms. The van der Waals surface area contributed by atoms with Crippen LogP contribution in [0.15, 0.2) is 53.4 Å². The first-order chi connectivity index (χ1) is 12.7. The predicted molar refractivity (Wildman–Crippen MR) is 92.8 cm³/mol. The SMILES string of the molecule is Cc1nc(C(=O)N2CCC[C@H]2c2cncc(Oc3ccccc3)n2)co1. The first kappa shape index (κ1) is 16.3. The summed E-state index contributed by atoms with van der Waals surface area (Å²) in [4.78, 5) is 27.4. The number of rotatable bonds is 4. The van der Waals surface area contributed by atoms with Crippen LogP contribution < -0.4 is 4.74 Å². The Morgan fingerprint density at radius 1 is 1.23 bits per heavy atom. The average molecular weight is 350 g/mol. The zero-order valence-corrected chi connectivity index (χ0v) is 14.3. The second kappa shape index (κ2) is 6.95. The van der Waals surface area contributed by atoms with Crippen molar-refractivity contribution in [1.82, 2.24) is 19.9 Å². The minimum atomic E-state index is -0.152. The number of likely N-dealkylation sites (tertiary alicyclic amines) is 1. The van der Waals surface area contributed by atoms with Crippen LogP contribution in [-0.2, 0) is 0 Å². The maximum absolute atomic E-state index is 12.7. The molecule has 0 saturated carbocycles. The predicted octanol–water partition coefficient (Wildman–Crippen LogP) is 3.54. The van der Waals surface area contributed by atoms with E-state index in [2.05, 4.69) is 15.0 Å². The first-order valence-electron chi connectivity index (χ1n) is 8.48. The zero-order chi connectivity index (χ0) is 17.9. The lowest BCUT2D eigenvalue weighted by atomic mass is 10.1. The summed E-state index contributed by atoms with van der Waals surface area (Å²) in [5, 5.41) is 0. The van der Waals surface area contributed by atoms with E-state index in [9.17, 15) is 4.79 Å². The lowest BCUT2D eigenvalue weighted by Gasteiger charge is -2.23. The first-order valence-corrected chi connectivity index (χ1v) is 8.48. The van der Waals surface area contributed by atoms with Gasteiger partial charge in [0.2, 0.25) is 5.88 Å². The van der Waals surface area contributed by atoms with Crippen molar-refractivity contribution in [3.63, 3.8) is 0 Å². The number of hydrogen-bond acceptors (Lipinski definition) is 6. The quantitative estimate of drug-likeness (QED) is 0.716. The molecule has 1 fully saturated rings. The monoisotopic (exact) mass is 350 g/mol. The number of aryl methyl sites for hydroxylation is 1. The highest BCUT2D eigenvalue weighted by atomic mass is 16.5. The lowest BCUT2D eigenvalue weighted by molar-refractivity contribution is 0.0726. The Labute approximate surface area is 150 Å². The van der Waals surface area contributed by atoms with Gasteiger partial charge in [0, 0.05) is 13.5 Å². The van der Waals surface area contributed by atoms with E-state index >= 15 is 0 Å². The molecule has 26 heavy (non-hydrogen) atoms. The van der Waals surface area contributed by atoms with E-state index in [0.717, 1.165) is 12.8 Å². The number of carbonyl (C=O) groups excluding carboxylic acids is 1. The standard InChI is InChI=1S/C19H18N4O3/c1-13-21-16(12-25-13)19(24)23-9-5-8-17(23)15-10-20-11-18(22-15)26-14-6-3-2-4-7-14/h2-4,6-7,10-12,17H,5,8-9H2,1H3/t17-/m0/s1. The average Bonchev–Trinajstić information content (AvgIpc) is 3.31. The molecule has 3 heterocycles. The molecule has 1 aliphatic rings. The van der Waals surface area contributed by atoms with Gasteiger partial charge in [0.25, 0.3) is 5.91 Å². The Morgan fingerprint density at radius 2 is 2.08 bits per heavy atom. The van der Waals surface area contributed by atoms with Gasteiger partial charge in [-0.3, -0.25) is 9.78 Å². The Balaban J connectivity index is 1.56. The third-order valence-corrected chi connectivity index (χ3v) is 4.29. The molecule has 0 spiro atoms. The number of hydrogen-bond donors (Lipinski definition) is 0. The Hall–Kier alpha value is -3.22. The molecule has 3 aromatic rings. The van der Waals surface area contributed by atoms with Crippen molar-refractivity contribution in [1.29, 1.82) is 0 Å². The molecule has 0 aliphatic carbocycles. The summed E-state index contributed by atoms with van der Waals surface area (Å²) in [5.41, 5.74) is 1.03. The van der Waals surface area contributed by atoms with Crippen LogP contribution in [-0.4, -0.2) is 32.3 Å². The summed E-state index contributed by atoms with van der Waals surface area (Å²) >= 11 is 0. The smallest absolute Gasteiger partial charge is 0.276 e. The molecule has 0 N–H and O–H groups in total. The molecule has 132 valence electrons. The van der Waals surface area contributed by atoms with Crippen LogP contribution in [0.2, 0.25) is 0 Å². The Morgan fingerprint density at radius 3 is 2.85 bits per heavy atom. The topological polar surface area (TPSA) is 81.4 Å². The van der Waals surface area contributed by atoms with Crippen molar-refractivity contribution in [2.45, 2.75) is 25.8 Å². The van der Waals surface area contributed by atoms with Crippen LogP contribution in [0.25, 0.3) is 0 Å². The molecule has 4 rings (SSSR count). The van der Waals surface area contributed by atoms with Crippen LogP contribution in [0.1, 0.15) is 41.0 Å². The van der Waals surface area contributed by atoms with Gasteiger partial charge in [0.15, 0.2) is 11.6 Å². The molecule has 7 nitrogen and oxygen atoms in total. The highest BCUT2D eigenvalue weighted by molar-refractivity contribution is 5.92. The third-order valence-electron chi connectivity index (χ3n) is 4.29. The van der Waals surface area contributed by atoms with E-state index in [-0.39, 0.29) is 11.9 Å². The maximum Gasteiger partial charge on any atom is 0.276 e. The normalized spacial score (nSPS) is 16.7. The maximum atomic E-state index is 12.7. The molecule has 1 saturated heterocycles. The summed E-state index contributed by atoms with van der Waals surface area (Å²) in [5.74, 6) is 1.42. The molecule has 1 atom stereocenters. The molecule has 2 aromatic heterocycles. The van der Waals surface area contributed by atoms with Crippen molar-refractivity contribution in [2.75, 3.05) is 6.54 Å². The van der Waals surface area contributed by atoms with Crippen LogP contribution in [0, 0.1) is 6.92 Å². The Kier molecular flexibility index (Phi) is 4.35. The molecule has 0 radical (unpaired) electrons. The van der Waals surface area contributed by atoms with Crippen LogP contribution >= 0.6 is 0 Å². The second-order valence-corrected chi connectivity index (χ2v) is 6.11. The number of carbonyl (C=O) groups is 1. The van der Waals surface area contributed by atoms with E-state index in [1.54, 1.807) is 24.2 Å². The number of ether oxygens (including phenoxy) is 1. The fourth-order valence-corrected chi connectivity index (χ4v) is 3.11. The van der Waals surface area contributed by atoms with Gasteiger partial charge in [0.1, 0.15) is 12.0 Å². The van der Waals surface area contributed by atoms with Crippen molar-refractivity contribution < 1.29 is 13.9 Å². The number of benzene rings is 1. The van der Waals surface area contributed by atoms with Gasteiger partial charge >= 0.3 is 0 Å². The molecular formula is C19H18N4O3. The van der Waals surface area contributed by atoms with Crippen LogP contribution in [0.4, 0.5) is 0 Å². The van der Waals surface area contributed by atoms with Crippen molar-refractivity contribution in [2.24, 2.45) is 0 Å². The van der Waals surface area contributed by atoms with Crippen molar-refractivity contribution in [3.8, 4) is 11.6 Å². The molecule has 1 amide bonds. The highest BCUT2D eigenvalue weighted by Crippen LogP contribution is 2.32. The molecular weight excluding hydrogens is 332 g/mol. The van der Waals surface area contributed by atoms with E-state index in [4.69, 9.17) is 9.15 Å². The molecule has 1 aromatic carbocycles. The molecule has 0 unspecified atom stereocenters. The van der Waals surface area contributed by atoms with Crippen molar-refractivity contribution in [3.05, 3.63) is 66.3 Å². The number of nitrogens with zero attached hydrogens (tertiary/aromatic N) is 4. The number of amides is 1. The molecule has 0 bridgehead atoms. The van der Waals surface area contributed by atoms with Gasteiger partial charge in [-0.2, -0.15) is 0 Å². The third kappa shape index (κ3) is 3.28. The summed E-state index contributed by atoms with van der Waals surface area (Å²) < 4.78 is 10.9. The van der Waals surface area contributed by atoms with Gasteiger partial charge in [0.05, 0.1) is 24.1 Å². The van der Waals surface area contributed by atoms with Gasteiger partial charge in [-0.05, 0) is 25.0 Å². The fourth-order valence-electron chi connectivity index (χ4n) is 3.11. The van der Waals surface area contributed by atoms with Gasteiger partial charge in [-0.1, -0.05) is 18.2 Å². The fraction of sp³-hybridized carbons (Fsp3) is 0.263. The number of aromatic nitrogens is 3.